The Morgan fingerprint density at radius 2 is 1.95 bits per heavy atom. The van der Waals surface area contributed by atoms with E-state index in [1.165, 1.54) is 16.7 Å². The van der Waals surface area contributed by atoms with E-state index < -0.39 is 0 Å². The van der Waals surface area contributed by atoms with E-state index in [9.17, 15) is 9.59 Å². The quantitative estimate of drug-likeness (QED) is 0.805. The number of hydrogen-bond donors (Lipinski definition) is 0. The summed E-state index contributed by atoms with van der Waals surface area (Å²) >= 11 is 0. The van der Waals surface area contributed by atoms with E-state index in [2.05, 4.69) is 20.8 Å². The fourth-order valence-corrected chi connectivity index (χ4v) is 3.24. The summed E-state index contributed by atoms with van der Waals surface area (Å²) in [6, 6.07) is 4.01. The number of ketones is 2. The van der Waals surface area contributed by atoms with Gasteiger partial charge in [0.05, 0.1) is 0 Å². The minimum atomic E-state index is -0.342. The number of rotatable bonds is 5. The zero-order valence-corrected chi connectivity index (χ0v) is 13.0. The van der Waals surface area contributed by atoms with Crippen LogP contribution < -0.4 is 0 Å². The van der Waals surface area contributed by atoms with E-state index in [4.69, 9.17) is 0 Å². The molecule has 1 aromatic carbocycles. The largest absolute Gasteiger partial charge is 0.300 e. The van der Waals surface area contributed by atoms with Crippen molar-refractivity contribution < 1.29 is 9.59 Å². The standard InChI is InChI=1S/C18H24O2/c1-5-14(19)9-10-18(6-2)11-16-13(4)12(3)7-8-15(16)17(18)20/h7-8H,5-6,9-11H2,1-4H3. The Bertz CT molecular complexity index is 557. The predicted molar refractivity (Wildman–Crippen MR) is 81.2 cm³/mol. The number of aryl methyl sites for hydroxylation is 1. The molecule has 0 spiro atoms. The SMILES string of the molecule is CCC(=O)CCC1(CC)Cc2c(ccc(C)c2C)C1=O. The summed E-state index contributed by atoms with van der Waals surface area (Å²) in [6.07, 6.45) is 3.42. The zero-order valence-electron chi connectivity index (χ0n) is 13.0. The summed E-state index contributed by atoms with van der Waals surface area (Å²) < 4.78 is 0. The smallest absolute Gasteiger partial charge is 0.169 e. The third-order valence-corrected chi connectivity index (χ3v) is 5.06. The molecule has 0 radical (unpaired) electrons. The van der Waals surface area contributed by atoms with Gasteiger partial charge >= 0.3 is 0 Å². The normalized spacial score (nSPS) is 21.1. The monoisotopic (exact) mass is 272 g/mol. The van der Waals surface area contributed by atoms with Crippen LogP contribution in [-0.2, 0) is 11.2 Å². The van der Waals surface area contributed by atoms with Crippen molar-refractivity contribution in [3.05, 3.63) is 34.4 Å². The van der Waals surface area contributed by atoms with Crippen LogP contribution in [0.3, 0.4) is 0 Å². The summed E-state index contributed by atoms with van der Waals surface area (Å²) in [5, 5.41) is 0. The molecule has 108 valence electrons. The van der Waals surface area contributed by atoms with Gasteiger partial charge in [-0.1, -0.05) is 26.0 Å². The molecule has 0 fully saturated rings. The molecule has 2 heteroatoms. The van der Waals surface area contributed by atoms with Crippen molar-refractivity contribution in [1.29, 1.82) is 0 Å². The first-order valence-corrected chi connectivity index (χ1v) is 7.60. The molecule has 2 rings (SSSR count). The van der Waals surface area contributed by atoms with Gasteiger partial charge in [-0.15, -0.1) is 0 Å². The average Bonchev–Trinajstić information content (AvgIpc) is 2.74. The molecule has 0 bridgehead atoms. The lowest BCUT2D eigenvalue weighted by atomic mass is 9.76. The van der Waals surface area contributed by atoms with Crippen molar-refractivity contribution >= 4 is 11.6 Å². The number of benzene rings is 1. The summed E-state index contributed by atoms with van der Waals surface area (Å²) in [5.41, 5.74) is 4.24. The third-order valence-electron chi connectivity index (χ3n) is 5.06. The first-order valence-electron chi connectivity index (χ1n) is 7.60. The molecule has 0 heterocycles. The van der Waals surface area contributed by atoms with Crippen LogP contribution in [0.1, 0.15) is 66.6 Å². The molecule has 0 amide bonds. The second-order valence-corrected chi connectivity index (χ2v) is 6.07. The fraction of sp³-hybridized carbons (Fsp3) is 0.556. The highest BCUT2D eigenvalue weighted by atomic mass is 16.1. The lowest BCUT2D eigenvalue weighted by Crippen LogP contribution is -2.28. The second-order valence-electron chi connectivity index (χ2n) is 6.07. The van der Waals surface area contributed by atoms with E-state index in [-0.39, 0.29) is 17.0 Å². The topological polar surface area (TPSA) is 34.1 Å². The highest BCUT2D eigenvalue weighted by molar-refractivity contribution is 6.05. The van der Waals surface area contributed by atoms with Crippen LogP contribution in [0.5, 0.6) is 0 Å². The maximum absolute atomic E-state index is 12.8. The number of fused-ring (bicyclic) bond motifs is 1. The second kappa shape index (κ2) is 5.51. The lowest BCUT2D eigenvalue weighted by molar-refractivity contribution is -0.119. The van der Waals surface area contributed by atoms with Gasteiger partial charge in [-0.25, -0.2) is 0 Å². The highest BCUT2D eigenvalue weighted by Gasteiger charge is 2.44. The molecule has 1 unspecified atom stereocenters. The summed E-state index contributed by atoms with van der Waals surface area (Å²) in [7, 11) is 0. The number of carbonyl (C=O) groups excluding carboxylic acids is 2. The first kappa shape index (κ1) is 15.0. The Labute approximate surface area is 121 Å². The van der Waals surface area contributed by atoms with Crippen molar-refractivity contribution in [2.24, 2.45) is 5.41 Å². The van der Waals surface area contributed by atoms with Crippen LogP contribution in [0.4, 0.5) is 0 Å². The predicted octanol–water partition coefficient (Wildman–Crippen LogP) is 4.20. The van der Waals surface area contributed by atoms with Crippen LogP contribution >= 0.6 is 0 Å². The van der Waals surface area contributed by atoms with Gasteiger partial charge in [-0.2, -0.15) is 0 Å². The molecule has 0 saturated carbocycles. The molecule has 0 aliphatic heterocycles. The Morgan fingerprint density at radius 3 is 2.55 bits per heavy atom. The lowest BCUT2D eigenvalue weighted by Gasteiger charge is -2.25. The van der Waals surface area contributed by atoms with Gasteiger partial charge in [0.2, 0.25) is 0 Å². The zero-order chi connectivity index (χ0) is 14.9. The van der Waals surface area contributed by atoms with Gasteiger partial charge in [0.15, 0.2) is 5.78 Å². The molecule has 20 heavy (non-hydrogen) atoms. The maximum Gasteiger partial charge on any atom is 0.169 e. The van der Waals surface area contributed by atoms with Crippen molar-refractivity contribution in [3.63, 3.8) is 0 Å². The number of carbonyl (C=O) groups is 2. The molecule has 1 aliphatic carbocycles. The van der Waals surface area contributed by atoms with E-state index in [0.29, 0.717) is 19.3 Å². The Balaban J connectivity index is 2.33. The minimum absolute atomic E-state index is 0.252. The van der Waals surface area contributed by atoms with Gasteiger partial charge in [0.1, 0.15) is 5.78 Å². The van der Waals surface area contributed by atoms with Crippen LogP contribution in [0.15, 0.2) is 12.1 Å². The van der Waals surface area contributed by atoms with Gasteiger partial charge < -0.3 is 0 Å². The van der Waals surface area contributed by atoms with Crippen LogP contribution in [0, 0.1) is 19.3 Å². The van der Waals surface area contributed by atoms with E-state index in [1.54, 1.807) is 0 Å². The highest BCUT2D eigenvalue weighted by Crippen LogP contribution is 2.44. The molecule has 1 aromatic rings. The summed E-state index contributed by atoms with van der Waals surface area (Å²) in [5.74, 6) is 0.511. The molecule has 0 saturated heterocycles. The third kappa shape index (κ3) is 2.32. The Hall–Kier alpha value is -1.44. The van der Waals surface area contributed by atoms with Crippen molar-refractivity contribution in [2.45, 2.75) is 59.8 Å². The average molecular weight is 272 g/mol. The fourth-order valence-electron chi connectivity index (χ4n) is 3.24. The molecule has 0 aromatic heterocycles. The number of Topliss-reactive ketones (excluding diaryl/α,β-unsaturated/α-hetero) is 2. The van der Waals surface area contributed by atoms with Gasteiger partial charge in [-0.05, 0) is 49.8 Å². The maximum atomic E-state index is 12.8. The van der Waals surface area contributed by atoms with E-state index in [0.717, 1.165) is 18.4 Å². The van der Waals surface area contributed by atoms with Gasteiger partial charge in [-0.3, -0.25) is 9.59 Å². The first-order chi connectivity index (χ1) is 9.45. The molecular weight excluding hydrogens is 248 g/mol. The summed E-state index contributed by atoms with van der Waals surface area (Å²) in [6.45, 7) is 8.15. The van der Waals surface area contributed by atoms with E-state index >= 15 is 0 Å². The summed E-state index contributed by atoms with van der Waals surface area (Å²) in [4.78, 5) is 24.4. The Morgan fingerprint density at radius 1 is 1.25 bits per heavy atom. The van der Waals surface area contributed by atoms with Crippen LogP contribution in [-0.4, -0.2) is 11.6 Å². The molecule has 2 nitrogen and oxygen atoms in total. The number of hydrogen-bond acceptors (Lipinski definition) is 2. The van der Waals surface area contributed by atoms with Crippen molar-refractivity contribution in [3.8, 4) is 0 Å². The Kier molecular flexibility index (Phi) is 4.12. The van der Waals surface area contributed by atoms with Gasteiger partial charge in [0, 0.05) is 23.8 Å². The van der Waals surface area contributed by atoms with Crippen LogP contribution in [0.2, 0.25) is 0 Å². The minimum Gasteiger partial charge on any atom is -0.300 e. The van der Waals surface area contributed by atoms with Gasteiger partial charge in [0.25, 0.3) is 0 Å². The molecular formula is C18H24O2. The van der Waals surface area contributed by atoms with E-state index in [1.807, 2.05) is 19.1 Å². The molecule has 1 atom stereocenters. The molecule has 1 aliphatic rings. The van der Waals surface area contributed by atoms with Crippen molar-refractivity contribution in [2.75, 3.05) is 0 Å². The van der Waals surface area contributed by atoms with Crippen molar-refractivity contribution in [1.82, 2.24) is 0 Å². The van der Waals surface area contributed by atoms with Crippen LogP contribution in [0.25, 0.3) is 0 Å². The molecule has 0 N–H and O–H groups in total.